The Hall–Kier alpha value is -0.220. The molecule has 0 amide bonds. The lowest BCUT2D eigenvalue weighted by Gasteiger charge is -2.21. The average Bonchev–Trinajstić information content (AvgIpc) is 2.66. The Balaban J connectivity index is 1.98. The van der Waals surface area contributed by atoms with Crippen LogP contribution in [-0.4, -0.2) is 22.0 Å². The Morgan fingerprint density at radius 2 is 2.38 bits per heavy atom. The maximum atomic E-state index is 4.18. The van der Waals surface area contributed by atoms with Gasteiger partial charge in [-0.2, -0.15) is 11.8 Å². The summed E-state index contributed by atoms with van der Waals surface area (Å²) in [6, 6.07) is 2.71. The van der Waals surface area contributed by atoms with E-state index in [4.69, 9.17) is 0 Å². The number of thioether (sulfide) groups is 1. The highest BCUT2D eigenvalue weighted by Crippen LogP contribution is 2.32. The predicted molar refractivity (Wildman–Crippen MR) is 75.1 cm³/mol. The van der Waals surface area contributed by atoms with E-state index >= 15 is 0 Å². The molecular formula is C12H17BrN2S. The lowest BCUT2D eigenvalue weighted by molar-refractivity contribution is 0.767. The van der Waals surface area contributed by atoms with Crippen molar-refractivity contribution in [1.82, 2.24) is 4.98 Å². The number of nitrogens with one attached hydrogen (secondary N) is 1. The molecule has 1 fully saturated rings. The summed E-state index contributed by atoms with van der Waals surface area (Å²) in [5, 5.41) is 4.37. The van der Waals surface area contributed by atoms with Gasteiger partial charge >= 0.3 is 0 Å². The number of halogens is 1. The zero-order valence-corrected chi connectivity index (χ0v) is 11.9. The van der Waals surface area contributed by atoms with Gasteiger partial charge in [0.15, 0.2) is 0 Å². The van der Waals surface area contributed by atoms with Gasteiger partial charge in [0, 0.05) is 22.0 Å². The molecule has 0 aromatic carbocycles. The van der Waals surface area contributed by atoms with Gasteiger partial charge in [-0.25, -0.2) is 0 Å². The second-order valence-electron chi connectivity index (χ2n) is 4.07. The summed E-state index contributed by atoms with van der Waals surface area (Å²) >= 11 is 5.53. The summed E-state index contributed by atoms with van der Waals surface area (Å²) in [4.78, 5) is 4.18. The highest BCUT2D eigenvalue weighted by Gasteiger charge is 2.26. The zero-order valence-electron chi connectivity index (χ0n) is 9.45. The van der Waals surface area contributed by atoms with Crippen LogP contribution in [0.15, 0.2) is 22.9 Å². The van der Waals surface area contributed by atoms with Gasteiger partial charge in [0.25, 0.3) is 0 Å². The van der Waals surface area contributed by atoms with Crippen LogP contribution in [0.4, 0.5) is 5.69 Å². The fraction of sp³-hybridized carbons (Fsp3) is 0.583. The van der Waals surface area contributed by atoms with E-state index in [-0.39, 0.29) is 0 Å². The fourth-order valence-corrected chi connectivity index (χ4v) is 3.77. The van der Waals surface area contributed by atoms with Crippen LogP contribution in [0.1, 0.15) is 26.2 Å². The van der Waals surface area contributed by atoms with Crippen LogP contribution in [0.3, 0.4) is 0 Å². The first-order chi connectivity index (χ1) is 7.79. The van der Waals surface area contributed by atoms with E-state index < -0.39 is 0 Å². The number of nitrogens with zero attached hydrogens (tertiary/aromatic N) is 1. The molecule has 2 rings (SSSR count). The highest BCUT2D eigenvalue weighted by atomic mass is 79.9. The van der Waals surface area contributed by atoms with Crippen LogP contribution in [-0.2, 0) is 0 Å². The van der Waals surface area contributed by atoms with Crippen molar-refractivity contribution in [3.63, 3.8) is 0 Å². The zero-order chi connectivity index (χ0) is 11.4. The lowest BCUT2D eigenvalue weighted by Crippen LogP contribution is -2.26. The second-order valence-corrected chi connectivity index (χ2v) is 6.50. The Kier molecular flexibility index (Phi) is 4.53. The Labute approximate surface area is 110 Å². The molecule has 0 aliphatic heterocycles. The van der Waals surface area contributed by atoms with Crippen LogP contribution in [0.5, 0.6) is 0 Å². The summed E-state index contributed by atoms with van der Waals surface area (Å²) in [5.41, 5.74) is 1.13. The molecule has 1 aromatic rings. The molecule has 4 heteroatoms. The Morgan fingerprint density at radius 1 is 1.50 bits per heavy atom. The highest BCUT2D eigenvalue weighted by molar-refractivity contribution is 9.10. The van der Waals surface area contributed by atoms with Crippen LogP contribution in [0, 0.1) is 0 Å². The SMILES string of the molecule is CCSC1CCCC1Nc1cncc(Br)c1. The first kappa shape index (κ1) is 12.2. The fourth-order valence-electron chi connectivity index (χ4n) is 2.21. The average molecular weight is 301 g/mol. The minimum atomic E-state index is 0.612. The van der Waals surface area contributed by atoms with Crippen LogP contribution in [0.25, 0.3) is 0 Å². The van der Waals surface area contributed by atoms with Crippen molar-refractivity contribution >= 4 is 33.4 Å². The Bertz CT molecular complexity index is 346. The summed E-state index contributed by atoms with van der Waals surface area (Å²) in [7, 11) is 0. The van der Waals surface area contributed by atoms with Crippen LogP contribution in [0.2, 0.25) is 0 Å². The summed E-state index contributed by atoms with van der Waals surface area (Å²) in [5.74, 6) is 1.21. The Morgan fingerprint density at radius 3 is 3.12 bits per heavy atom. The van der Waals surface area contributed by atoms with Crippen molar-refractivity contribution in [3.8, 4) is 0 Å². The van der Waals surface area contributed by atoms with Gasteiger partial charge in [0.2, 0.25) is 0 Å². The third-order valence-corrected chi connectivity index (χ3v) is 4.65. The molecule has 0 spiro atoms. The molecule has 1 aliphatic carbocycles. The molecule has 1 heterocycles. The van der Waals surface area contributed by atoms with Crippen LogP contribution < -0.4 is 5.32 Å². The third kappa shape index (κ3) is 3.14. The second kappa shape index (κ2) is 5.92. The maximum absolute atomic E-state index is 4.18. The number of anilines is 1. The van der Waals surface area contributed by atoms with Crippen LogP contribution >= 0.6 is 27.7 Å². The number of aromatic nitrogens is 1. The van der Waals surface area contributed by atoms with E-state index in [1.807, 2.05) is 12.4 Å². The number of hydrogen-bond acceptors (Lipinski definition) is 3. The van der Waals surface area contributed by atoms with Gasteiger partial charge in [-0.1, -0.05) is 13.3 Å². The van der Waals surface area contributed by atoms with Crippen molar-refractivity contribution in [3.05, 3.63) is 22.9 Å². The molecule has 88 valence electrons. The minimum absolute atomic E-state index is 0.612. The normalized spacial score (nSPS) is 24.6. The lowest BCUT2D eigenvalue weighted by atomic mass is 10.2. The maximum Gasteiger partial charge on any atom is 0.0540 e. The molecule has 0 bridgehead atoms. The third-order valence-electron chi connectivity index (χ3n) is 2.89. The largest absolute Gasteiger partial charge is 0.380 e. The quantitative estimate of drug-likeness (QED) is 0.912. The first-order valence-electron chi connectivity index (χ1n) is 5.78. The molecule has 1 saturated carbocycles. The monoisotopic (exact) mass is 300 g/mol. The molecule has 1 aliphatic rings. The van der Waals surface area contributed by atoms with Crippen molar-refractivity contribution in [2.75, 3.05) is 11.1 Å². The van der Waals surface area contributed by atoms with Gasteiger partial charge in [-0.05, 0) is 40.6 Å². The van der Waals surface area contributed by atoms with Gasteiger partial charge in [-0.3, -0.25) is 4.98 Å². The minimum Gasteiger partial charge on any atom is -0.380 e. The smallest absolute Gasteiger partial charge is 0.0540 e. The molecule has 2 nitrogen and oxygen atoms in total. The number of pyridine rings is 1. The van der Waals surface area contributed by atoms with Gasteiger partial charge in [-0.15, -0.1) is 0 Å². The van der Waals surface area contributed by atoms with E-state index in [0.717, 1.165) is 15.4 Å². The molecule has 0 radical (unpaired) electrons. The number of hydrogen-bond donors (Lipinski definition) is 1. The van der Waals surface area contributed by atoms with E-state index in [9.17, 15) is 0 Å². The summed E-state index contributed by atoms with van der Waals surface area (Å²) in [6.07, 6.45) is 7.69. The van der Waals surface area contributed by atoms with E-state index in [2.05, 4.69) is 51.0 Å². The summed E-state index contributed by atoms with van der Waals surface area (Å²) < 4.78 is 1.04. The van der Waals surface area contributed by atoms with Gasteiger partial charge in [0.05, 0.1) is 11.9 Å². The molecule has 16 heavy (non-hydrogen) atoms. The molecule has 2 atom stereocenters. The molecular weight excluding hydrogens is 284 g/mol. The summed E-state index contributed by atoms with van der Waals surface area (Å²) in [6.45, 7) is 2.24. The van der Waals surface area contributed by atoms with Crippen molar-refractivity contribution in [2.45, 2.75) is 37.5 Å². The van der Waals surface area contributed by atoms with Crippen molar-refractivity contribution in [1.29, 1.82) is 0 Å². The predicted octanol–water partition coefficient (Wildman–Crippen LogP) is 3.93. The molecule has 1 aromatic heterocycles. The molecule has 1 N–H and O–H groups in total. The van der Waals surface area contributed by atoms with E-state index in [1.54, 1.807) is 0 Å². The van der Waals surface area contributed by atoms with E-state index in [1.165, 1.54) is 25.0 Å². The molecule has 2 unspecified atom stereocenters. The topological polar surface area (TPSA) is 24.9 Å². The van der Waals surface area contributed by atoms with Gasteiger partial charge < -0.3 is 5.32 Å². The van der Waals surface area contributed by atoms with Crippen molar-refractivity contribution < 1.29 is 0 Å². The van der Waals surface area contributed by atoms with E-state index in [0.29, 0.717) is 6.04 Å². The van der Waals surface area contributed by atoms with Gasteiger partial charge in [0.1, 0.15) is 0 Å². The standard InChI is InChI=1S/C12H17BrN2S/c1-2-16-12-5-3-4-11(12)15-10-6-9(13)7-14-8-10/h6-8,11-12,15H,2-5H2,1H3. The number of rotatable bonds is 4. The van der Waals surface area contributed by atoms with Crippen molar-refractivity contribution in [2.24, 2.45) is 0 Å². The molecule has 0 saturated heterocycles. The first-order valence-corrected chi connectivity index (χ1v) is 7.62.